The molecule has 0 fully saturated rings. The number of aromatic nitrogens is 1. The molecule has 0 radical (unpaired) electrons. The van der Waals surface area contributed by atoms with Crippen LogP contribution in [0.2, 0.25) is 0 Å². The van der Waals surface area contributed by atoms with Crippen molar-refractivity contribution in [1.82, 2.24) is 4.98 Å². The number of nitrogens with zero attached hydrogens (tertiary/aromatic N) is 1. The normalized spacial score (nSPS) is 12.4. The third-order valence-corrected chi connectivity index (χ3v) is 5.32. The molecule has 1 aliphatic heterocycles. The van der Waals surface area contributed by atoms with Gasteiger partial charge >= 0.3 is 0 Å². The van der Waals surface area contributed by atoms with E-state index in [1.54, 1.807) is 11.8 Å². The topological polar surface area (TPSA) is 45.2 Å². The minimum Gasteiger partial charge on any atom is -0.389 e. The van der Waals surface area contributed by atoms with Crippen molar-refractivity contribution in [3.05, 3.63) is 52.9 Å². The molecule has 5 heteroatoms. The molecule has 0 saturated carbocycles. The molecule has 3 aromatic rings. The van der Waals surface area contributed by atoms with Crippen molar-refractivity contribution in [3.8, 4) is 11.3 Å². The van der Waals surface area contributed by atoms with E-state index in [9.17, 15) is 0 Å². The van der Waals surface area contributed by atoms with Crippen molar-refractivity contribution in [2.75, 3.05) is 5.32 Å². The Kier molecular flexibility index (Phi) is 3.18. The van der Waals surface area contributed by atoms with E-state index in [1.807, 2.05) is 11.4 Å². The van der Waals surface area contributed by atoms with E-state index in [-0.39, 0.29) is 6.61 Å². The molecule has 1 aliphatic rings. The largest absolute Gasteiger partial charge is 0.389 e. The van der Waals surface area contributed by atoms with Crippen molar-refractivity contribution in [1.29, 1.82) is 0 Å². The van der Waals surface area contributed by atoms with E-state index in [0.717, 1.165) is 27.6 Å². The average molecular weight is 312 g/mol. The molecule has 104 valence electrons. The predicted octanol–water partition coefficient (Wildman–Crippen LogP) is 4.51. The maximum absolute atomic E-state index is 9.13. The van der Waals surface area contributed by atoms with Crippen LogP contribution in [0.5, 0.6) is 0 Å². The highest BCUT2D eigenvalue weighted by Crippen LogP contribution is 2.45. The summed E-state index contributed by atoms with van der Waals surface area (Å²) in [5, 5.41) is 15.3. The molecule has 0 spiro atoms. The molecule has 1 aromatic heterocycles. The Labute approximate surface area is 130 Å². The summed E-state index contributed by atoms with van der Waals surface area (Å²) in [6.45, 7) is -0.00289. The van der Waals surface area contributed by atoms with E-state index in [0.29, 0.717) is 0 Å². The molecule has 0 bridgehead atoms. The van der Waals surface area contributed by atoms with Gasteiger partial charge in [-0.2, -0.15) is 0 Å². The van der Waals surface area contributed by atoms with Gasteiger partial charge in [0, 0.05) is 20.7 Å². The second-order valence-corrected chi connectivity index (χ2v) is 6.75. The van der Waals surface area contributed by atoms with Gasteiger partial charge in [0.1, 0.15) is 5.01 Å². The highest BCUT2D eigenvalue weighted by molar-refractivity contribution is 7.99. The number of fused-ring (bicyclic) bond motifs is 2. The fraction of sp³-hybridized carbons (Fsp3) is 0.0625. The number of hydrogen-bond acceptors (Lipinski definition) is 5. The second-order valence-electron chi connectivity index (χ2n) is 4.72. The minimum absolute atomic E-state index is 0.00289. The summed E-state index contributed by atoms with van der Waals surface area (Å²) in [5.41, 5.74) is 4.23. The van der Waals surface area contributed by atoms with Crippen molar-refractivity contribution in [2.24, 2.45) is 0 Å². The molecule has 0 atom stereocenters. The first kappa shape index (κ1) is 12.9. The van der Waals surface area contributed by atoms with Crippen LogP contribution in [0.4, 0.5) is 11.4 Å². The molecule has 4 rings (SSSR count). The zero-order chi connectivity index (χ0) is 14.2. The van der Waals surface area contributed by atoms with Gasteiger partial charge in [0.05, 0.1) is 23.7 Å². The summed E-state index contributed by atoms with van der Waals surface area (Å²) in [4.78, 5) is 6.89. The first-order valence-electron chi connectivity index (χ1n) is 6.57. The number of para-hydroxylation sites is 1. The third kappa shape index (κ3) is 2.33. The number of nitrogens with one attached hydrogen (secondary N) is 1. The van der Waals surface area contributed by atoms with Crippen molar-refractivity contribution in [3.63, 3.8) is 0 Å². The maximum Gasteiger partial charge on any atom is 0.119 e. The zero-order valence-electron chi connectivity index (χ0n) is 11.0. The van der Waals surface area contributed by atoms with Gasteiger partial charge in [-0.3, -0.25) is 0 Å². The summed E-state index contributed by atoms with van der Waals surface area (Å²) in [7, 11) is 0. The molecule has 0 saturated heterocycles. The Bertz CT molecular complexity index is 814. The summed E-state index contributed by atoms with van der Waals surface area (Å²) in [5.74, 6) is 0. The zero-order valence-corrected chi connectivity index (χ0v) is 12.7. The monoisotopic (exact) mass is 312 g/mol. The van der Waals surface area contributed by atoms with Crippen LogP contribution < -0.4 is 5.32 Å². The van der Waals surface area contributed by atoms with Gasteiger partial charge in [-0.15, -0.1) is 11.3 Å². The average Bonchev–Trinajstić information content (AvgIpc) is 3.01. The lowest BCUT2D eigenvalue weighted by Crippen LogP contribution is -1.99. The number of thiazole rings is 1. The minimum atomic E-state index is -0.00289. The Balaban J connectivity index is 1.72. The highest BCUT2D eigenvalue weighted by Gasteiger charge is 2.16. The lowest BCUT2D eigenvalue weighted by molar-refractivity contribution is 0.281. The first-order chi connectivity index (χ1) is 10.3. The number of aliphatic hydroxyl groups excluding tert-OH is 1. The van der Waals surface area contributed by atoms with Crippen LogP contribution in [-0.4, -0.2) is 10.1 Å². The Morgan fingerprint density at radius 1 is 1.05 bits per heavy atom. The molecule has 3 nitrogen and oxygen atoms in total. The quantitative estimate of drug-likeness (QED) is 0.571. The van der Waals surface area contributed by atoms with Gasteiger partial charge in [0.2, 0.25) is 0 Å². The van der Waals surface area contributed by atoms with Gasteiger partial charge < -0.3 is 10.4 Å². The number of benzene rings is 2. The molecular weight excluding hydrogens is 300 g/mol. The smallest absolute Gasteiger partial charge is 0.119 e. The van der Waals surface area contributed by atoms with E-state index < -0.39 is 0 Å². The highest BCUT2D eigenvalue weighted by atomic mass is 32.2. The number of aliphatic hydroxyl groups is 1. The van der Waals surface area contributed by atoms with Crippen LogP contribution in [-0.2, 0) is 6.61 Å². The van der Waals surface area contributed by atoms with Crippen LogP contribution >= 0.6 is 23.1 Å². The molecule has 2 aromatic carbocycles. The predicted molar refractivity (Wildman–Crippen MR) is 87.3 cm³/mol. The van der Waals surface area contributed by atoms with E-state index in [1.165, 1.54) is 21.1 Å². The van der Waals surface area contributed by atoms with Crippen molar-refractivity contribution < 1.29 is 5.11 Å². The summed E-state index contributed by atoms with van der Waals surface area (Å²) < 4.78 is 0. The number of anilines is 2. The lowest BCUT2D eigenvalue weighted by atomic mass is 10.1. The van der Waals surface area contributed by atoms with E-state index >= 15 is 0 Å². The fourth-order valence-electron chi connectivity index (χ4n) is 2.31. The molecule has 2 heterocycles. The van der Waals surface area contributed by atoms with Crippen LogP contribution in [0.15, 0.2) is 57.6 Å². The summed E-state index contributed by atoms with van der Waals surface area (Å²) in [6, 6.07) is 14.6. The molecule has 0 amide bonds. The number of rotatable bonds is 2. The lowest BCUT2D eigenvalue weighted by Gasteiger charge is -2.21. The van der Waals surface area contributed by atoms with Crippen molar-refractivity contribution >= 4 is 34.5 Å². The Morgan fingerprint density at radius 2 is 1.90 bits per heavy atom. The van der Waals surface area contributed by atoms with Gasteiger partial charge in [0.25, 0.3) is 0 Å². The van der Waals surface area contributed by atoms with Crippen LogP contribution in [0.3, 0.4) is 0 Å². The maximum atomic E-state index is 9.13. The summed E-state index contributed by atoms with van der Waals surface area (Å²) >= 11 is 3.26. The molecule has 2 N–H and O–H groups in total. The first-order valence-corrected chi connectivity index (χ1v) is 8.27. The molecular formula is C16H12N2OS2. The SMILES string of the molecule is OCc1nc(-c2ccc3c(c2)Nc2ccccc2S3)cs1. The van der Waals surface area contributed by atoms with Crippen LogP contribution in [0.25, 0.3) is 11.3 Å². The third-order valence-electron chi connectivity index (χ3n) is 3.34. The standard InChI is InChI=1S/C16H12N2OS2/c19-8-16-18-13(9-20-16)10-5-6-15-12(7-10)17-11-3-1-2-4-14(11)21-15/h1-7,9,17,19H,8H2. The van der Waals surface area contributed by atoms with Crippen molar-refractivity contribution in [2.45, 2.75) is 16.4 Å². The molecule has 0 aliphatic carbocycles. The Hall–Kier alpha value is -1.82. The number of hydrogen-bond donors (Lipinski definition) is 2. The fourth-order valence-corrected chi connectivity index (χ4v) is 3.95. The Morgan fingerprint density at radius 3 is 2.76 bits per heavy atom. The van der Waals surface area contributed by atoms with Gasteiger partial charge in [-0.05, 0) is 24.3 Å². The second kappa shape index (κ2) is 5.18. The molecule has 0 unspecified atom stereocenters. The van der Waals surface area contributed by atoms with Gasteiger partial charge in [-0.1, -0.05) is 30.0 Å². The van der Waals surface area contributed by atoms with Crippen LogP contribution in [0.1, 0.15) is 5.01 Å². The van der Waals surface area contributed by atoms with E-state index in [2.05, 4.69) is 46.7 Å². The van der Waals surface area contributed by atoms with Gasteiger partial charge in [0.15, 0.2) is 0 Å². The van der Waals surface area contributed by atoms with Gasteiger partial charge in [-0.25, -0.2) is 4.98 Å². The molecule has 21 heavy (non-hydrogen) atoms. The van der Waals surface area contributed by atoms with E-state index in [4.69, 9.17) is 5.11 Å². The summed E-state index contributed by atoms with van der Waals surface area (Å²) in [6.07, 6.45) is 0. The van der Waals surface area contributed by atoms with Crippen LogP contribution in [0, 0.1) is 0 Å².